The molecule has 0 heterocycles. The van der Waals surface area contributed by atoms with E-state index in [0.717, 1.165) is 62.0 Å². The van der Waals surface area contributed by atoms with Crippen LogP contribution in [0.15, 0.2) is 0 Å². The number of alkyl halides is 2. The smallest absolute Gasteiger partial charge is 0.328 e. The minimum absolute atomic E-state index is 0.0524. The predicted octanol–water partition coefficient (Wildman–Crippen LogP) is 6.95. The molecule has 0 aromatic heterocycles. The van der Waals surface area contributed by atoms with Gasteiger partial charge in [0.25, 0.3) is 0 Å². The van der Waals surface area contributed by atoms with Crippen LogP contribution in [0, 0.1) is 11.8 Å². The van der Waals surface area contributed by atoms with E-state index in [9.17, 15) is 19.2 Å². The number of hydrogen-bond donors (Lipinski definition) is 2. The van der Waals surface area contributed by atoms with Crippen LogP contribution in [0.3, 0.4) is 0 Å². The van der Waals surface area contributed by atoms with Crippen LogP contribution in [0.1, 0.15) is 118 Å². The molecule has 240 valence electrons. The molecule has 2 atom stereocenters. The first kappa shape index (κ1) is 40.3. The molecule has 11 heteroatoms. The van der Waals surface area contributed by atoms with Crippen molar-refractivity contribution in [3.05, 3.63) is 0 Å². The molecule has 41 heavy (non-hydrogen) atoms. The van der Waals surface area contributed by atoms with Gasteiger partial charge < -0.3 is 20.5 Å². The predicted molar refractivity (Wildman–Crippen MR) is 172 cm³/mol. The molecule has 0 saturated heterocycles. The largest absolute Gasteiger partial charge is 0.461 e. The van der Waals surface area contributed by atoms with E-state index >= 15 is 0 Å². The van der Waals surface area contributed by atoms with Crippen LogP contribution in [0.25, 0.3) is 0 Å². The third-order valence-corrected chi connectivity index (χ3v) is 7.88. The van der Waals surface area contributed by atoms with E-state index in [-0.39, 0.29) is 35.3 Å². The van der Waals surface area contributed by atoms with Gasteiger partial charge in [-0.3, -0.25) is 14.4 Å². The molecule has 0 aromatic carbocycles. The van der Waals surface area contributed by atoms with E-state index in [4.69, 9.17) is 26.8 Å². The molecule has 2 saturated carbocycles. The summed E-state index contributed by atoms with van der Waals surface area (Å²) in [5.74, 6) is 0.232. The second kappa shape index (κ2) is 24.7. The molecule has 2 aliphatic carbocycles. The summed E-state index contributed by atoms with van der Waals surface area (Å²) >= 11 is 11.5. The molecule has 0 unspecified atom stereocenters. The lowest BCUT2D eigenvalue weighted by atomic mass is 10.0. The fourth-order valence-corrected chi connectivity index (χ4v) is 5.19. The average molecular weight is 733 g/mol. The van der Waals surface area contributed by atoms with Gasteiger partial charge in [0.1, 0.15) is 24.3 Å². The molecule has 0 spiro atoms. The summed E-state index contributed by atoms with van der Waals surface area (Å²) in [6, 6.07) is -0.936. The molecular weight excluding hydrogens is 680 g/mol. The van der Waals surface area contributed by atoms with Gasteiger partial charge in [0.15, 0.2) is 0 Å². The van der Waals surface area contributed by atoms with Crippen molar-refractivity contribution in [3.63, 3.8) is 0 Å². The van der Waals surface area contributed by atoms with Crippen LogP contribution in [-0.4, -0.2) is 58.0 Å². The van der Waals surface area contributed by atoms with Crippen molar-refractivity contribution in [2.45, 2.75) is 142 Å². The van der Waals surface area contributed by atoms with Crippen LogP contribution < -0.4 is 11.1 Å². The second-order valence-corrected chi connectivity index (χ2v) is 13.6. The molecule has 3 N–H and O–H groups in total. The van der Waals surface area contributed by atoms with Crippen LogP contribution >= 0.6 is 43.5 Å². The molecule has 0 bridgehead atoms. The Morgan fingerprint density at radius 1 is 0.780 bits per heavy atom. The lowest BCUT2D eigenvalue weighted by molar-refractivity contribution is -0.153. The zero-order valence-electron chi connectivity index (χ0n) is 25.4. The Hall–Kier alpha value is -0.710. The summed E-state index contributed by atoms with van der Waals surface area (Å²) in [5.41, 5.74) is 5.72. The van der Waals surface area contributed by atoms with E-state index in [1.54, 1.807) is 0 Å². The zero-order chi connectivity index (χ0) is 31.2. The Bertz CT molecular complexity index is 744. The van der Waals surface area contributed by atoms with E-state index in [1.165, 1.54) is 12.8 Å². The van der Waals surface area contributed by atoms with Gasteiger partial charge in [-0.15, -0.1) is 0 Å². The van der Waals surface area contributed by atoms with Gasteiger partial charge in [-0.05, 0) is 100 Å². The van der Waals surface area contributed by atoms with Crippen LogP contribution in [-0.2, 0) is 28.7 Å². The number of carbonyl (C=O) groups excluding carboxylic acids is 4. The molecule has 2 fully saturated rings. The Labute approximate surface area is 269 Å². The van der Waals surface area contributed by atoms with Gasteiger partial charge in [0.05, 0.1) is 0 Å². The van der Waals surface area contributed by atoms with Gasteiger partial charge in [-0.25, -0.2) is 4.79 Å². The molecule has 8 nitrogen and oxygen atoms in total. The highest BCUT2D eigenvalue weighted by Crippen LogP contribution is 2.23. The van der Waals surface area contributed by atoms with Crippen molar-refractivity contribution >= 4 is 66.5 Å². The van der Waals surface area contributed by atoms with Gasteiger partial charge >= 0.3 is 11.9 Å². The normalized spacial score (nSPS) is 16.7. The number of ether oxygens (including phenoxy) is 2. The Kier molecular flexibility index (Phi) is 24.3. The molecule has 2 rings (SSSR count). The summed E-state index contributed by atoms with van der Waals surface area (Å²) in [6.45, 7) is 8.20. The van der Waals surface area contributed by atoms with Crippen molar-refractivity contribution in [1.29, 1.82) is 0 Å². The first-order valence-corrected chi connectivity index (χ1v) is 17.8. The van der Waals surface area contributed by atoms with E-state index < -0.39 is 12.1 Å². The summed E-state index contributed by atoms with van der Waals surface area (Å²) < 4.78 is 10.8. The summed E-state index contributed by atoms with van der Waals surface area (Å²) in [5, 5.41) is 4.22. The molecule has 0 radical (unpaired) electrons. The van der Waals surface area contributed by atoms with Gasteiger partial charge in [-0.1, -0.05) is 59.6 Å². The highest BCUT2D eigenvalue weighted by molar-refractivity contribution is 9.09. The maximum atomic E-state index is 12.2. The number of nitrogens with one attached hydrogen (secondary N) is 1. The molecular formula is C30H53Br2ClN2O6. The number of amides is 1. The van der Waals surface area contributed by atoms with Crippen LogP contribution in [0.4, 0.5) is 0 Å². The minimum Gasteiger partial charge on any atom is -0.461 e. The maximum absolute atomic E-state index is 12.2. The van der Waals surface area contributed by atoms with Crippen molar-refractivity contribution in [3.8, 4) is 0 Å². The highest BCUT2D eigenvalue weighted by atomic mass is 79.9. The van der Waals surface area contributed by atoms with Gasteiger partial charge in [0.2, 0.25) is 11.1 Å². The second-order valence-electron chi connectivity index (χ2n) is 11.6. The average Bonchev–Trinajstić information content (AvgIpc) is 3.60. The monoisotopic (exact) mass is 730 g/mol. The fourth-order valence-electron chi connectivity index (χ4n) is 4.50. The molecule has 0 aromatic rings. The quantitative estimate of drug-likeness (QED) is 0.106. The topological polar surface area (TPSA) is 125 Å². The highest BCUT2D eigenvalue weighted by Gasteiger charge is 2.27. The number of hydrogen-bond acceptors (Lipinski definition) is 7. The Balaban J connectivity index is 0.000000659. The number of esters is 2. The van der Waals surface area contributed by atoms with E-state index in [1.807, 2.05) is 13.8 Å². The molecule has 0 aliphatic heterocycles. The summed E-state index contributed by atoms with van der Waals surface area (Å²) in [4.78, 5) is 45.4. The van der Waals surface area contributed by atoms with E-state index in [2.05, 4.69) is 51.0 Å². The van der Waals surface area contributed by atoms with Crippen LogP contribution in [0.5, 0.6) is 0 Å². The third kappa shape index (κ3) is 22.5. The lowest BCUT2D eigenvalue weighted by Crippen LogP contribution is -2.43. The number of nitrogens with two attached hydrogens (primary N) is 1. The maximum Gasteiger partial charge on any atom is 0.328 e. The van der Waals surface area contributed by atoms with Crippen molar-refractivity contribution in [2.75, 3.05) is 10.7 Å². The van der Waals surface area contributed by atoms with Crippen molar-refractivity contribution < 1.29 is 28.7 Å². The summed E-state index contributed by atoms with van der Waals surface area (Å²) in [7, 11) is 0. The fraction of sp³-hybridized carbons (Fsp3) is 0.867. The SMILES string of the molecule is CC(C)C[C@H](N)C(=O)OC1CCCC1.CC(C)C[C@H](NC(=O)CCCBr)C(=O)OC1CCCC1.O=C(Cl)CCCBr. The molecule has 2 aliphatic rings. The Morgan fingerprint density at radius 3 is 1.61 bits per heavy atom. The van der Waals surface area contributed by atoms with E-state index in [0.29, 0.717) is 37.5 Å². The van der Waals surface area contributed by atoms with Crippen LogP contribution in [0.2, 0.25) is 0 Å². The standard InChI is InChI=1S/C15H26BrNO3.C11H21NO2.C4H6BrClO/c1-11(2)10-13(17-14(18)8-5-9-16)15(19)20-12-6-3-4-7-12;1-8(2)7-10(12)11(13)14-9-5-3-4-6-9;5-3-1-2-4(6)7/h11-13H,3-10H2,1-2H3,(H,17,18);8-10H,3-7,12H2,1-2H3;1-3H2/t13-;10-;/m00./s1. The number of halogens is 3. The molecule has 1 amide bonds. The minimum atomic E-state index is -0.501. The van der Waals surface area contributed by atoms with Gasteiger partial charge in [-0.2, -0.15) is 0 Å². The number of carbonyl (C=O) groups is 4. The summed E-state index contributed by atoms with van der Waals surface area (Å²) in [6.07, 6.45) is 12.6. The van der Waals surface area contributed by atoms with Crippen molar-refractivity contribution in [1.82, 2.24) is 5.32 Å². The third-order valence-electron chi connectivity index (χ3n) is 6.57. The van der Waals surface area contributed by atoms with Crippen molar-refractivity contribution in [2.24, 2.45) is 17.6 Å². The first-order chi connectivity index (χ1) is 19.4. The lowest BCUT2D eigenvalue weighted by Gasteiger charge is -2.21. The number of rotatable bonds is 15. The zero-order valence-corrected chi connectivity index (χ0v) is 29.4. The van der Waals surface area contributed by atoms with Gasteiger partial charge in [0, 0.05) is 23.5 Å². The first-order valence-electron chi connectivity index (χ1n) is 15.2. The Morgan fingerprint density at radius 2 is 1.22 bits per heavy atom.